The minimum atomic E-state index is 0.612. The highest BCUT2D eigenvalue weighted by molar-refractivity contribution is 9.10. The molecule has 0 saturated heterocycles. The highest BCUT2D eigenvalue weighted by Gasteiger charge is 2.22. The predicted molar refractivity (Wildman–Crippen MR) is 104 cm³/mol. The van der Waals surface area contributed by atoms with Crippen LogP contribution >= 0.6 is 15.9 Å². The van der Waals surface area contributed by atoms with E-state index in [1.165, 1.54) is 30.5 Å². The summed E-state index contributed by atoms with van der Waals surface area (Å²) in [5, 5.41) is 0. The highest BCUT2D eigenvalue weighted by Crippen LogP contribution is 2.29. The first-order valence-electron chi connectivity index (χ1n) is 8.53. The highest BCUT2D eigenvalue weighted by atomic mass is 79.9. The molecule has 24 heavy (non-hydrogen) atoms. The Kier molecular flexibility index (Phi) is 6.11. The molecule has 3 rings (SSSR count). The van der Waals surface area contributed by atoms with Crippen LogP contribution < -0.4 is 4.74 Å². The first kappa shape index (κ1) is 17.2. The van der Waals surface area contributed by atoms with Crippen molar-refractivity contribution in [3.8, 4) is 16.9 Å². The van der Waals surface area contributed by atoms with Gasteiger partial charge < -0.3 is 9.64 Å². The van der Waals surface area contributed by atoms with Gasteiger partial charge in [0.05, 0.1) is 0 Å². The normalized spacial score (nSPS) is 14.5. The van der Waals surface area contributed by atoms with Crippen LogP contribution in [0.2, 0.25) is 0 Å². The fourth-order valence-electron chi connectivity index (χ4n) is 2.69. The van der Waals surface area contributed by atoms with E-state index in [0.717, 1.165) is 22.7 Å². The minimum Gasteiger partial charge on any atom is -0.490 e. The second-order valence-electron chi connectivity index (χ2n) is 6.48. The maximum absolute atomic E-state index is 5.85. The van der Waals surface area contributed by atoms with Crippen LogP contribution in [0.25, 0.3) is 11.1 Å². The van der Waals surface area contributed by atoms with Gasteiger partial charge in [-0.15, -0.1) is 0 Å². The van der Waals surface area contributed by atoms with Crippen LogP contribution in [0.3, 0.4) is 0 Å². The summed E-state index contributed by atoms with van der Waals surface area (Å²) in [5.41, 5.74) is 2.37. The van der Waals surface area contributed by atoms with Gasteiger partial charge >= 0.3 is 0 Å². The Morgan fingerprint density at radius 2 is 1.88 bits per heavy atom. The Labute approximate surface area is 153 Å². The van der Waals surface area contributed by atoms with Gasteiger partial charge in [-0.25, -0.2) is 0 Å². The van der Waals surface area contributed by atoms with Crippen LogP contribution in [0.4, 0.5) is 0 Å². The van der Waals surface area contributed by atoms with Crippen LogP contribution in [0.1, 0.15) is 12.8 Å². The maximum Gasteiger partial charge on any atom is 0.120 e. The molecule has 1 aliphatic rings. The molecule has 1 fully saturated rings. The topological polar surface area (TPSA) is 12.5 Å². The van der Waals surface area contributed by atoms with Crippen molar-refractivity contribution in [1.29, 1.82) is 0 Å². The SMILES string of the molecule is CN(CC=CCOc1cccc(-c2ccc(Br)cc2)c1)CC1CC1. The number of rotatable bonds is 8. The quantitative estimate of drug-likeness (QED) is 0.564. The molecule has 1 saturated carbocycles. The summed E-state index contributed by atoms with van der Waals surface area (Å²) < 4.78 is 6.95. The molecule has 0 heterocycles. The number of ether oxygens (including phenoxy) is 1. The Morgan fingerprint density at radius 1 is 1.08 bits per heavy atom. The monoisotopic (exact) mass is 385 g/mol. The molecule has 0 atom stereocenters. The van der Waals surface area contributed by atoms with Crippen molar-refractivity contribution in [3.05, 3.63) is 65.2 Å². The molecule has 126 valence electrons. The number of nitrogens with zero attached hydrogens (tertiary/aromatic N) is 1. The maximum atomic E-state index is 5.85. The van der Waals surface area contributed by atoms with E-state index in [1.807, 2.05) is 12.1 Å². The van der Waals surface area contributed by atoms with Crippen molar-refractivity contribution in [2.75, 3.05) is 26.7 Å². The summed E-state index contributed by atoms with van der Waals surface area (Å²) in [6.45, 7) is 2.83. The fourth-order valence-corrected chi connectivity index (χ4v) is 2.95. The predicted octanol–water partition coefficient (Wildman–Crippen LogP) is 5.39. The molecule has 3 heteroatoms. The number of benzene rings is 2. The lowest BCUT2D eigenvalue weighted by molar-refractivity contribution is 0.347. The molecule has 2 aromatic carbocycles. The van der Waals surface area contributed by atoms with Crippen LogP contribution in [0.15, 0.2) is 65.2 Å². The summed E-state index contributed by atoms with van der Waals surface area (Å²) in [7, 11) is 2.19. The molecule has 2 aromatic rings. The van der Waals surface area contributed by atoms with Crippen molar-refractivity contribution in [1.82, 2.24) is 4.90 Å². The van der Waals surface area contributed by atoms with Crippen molar-refractivity contribution < 1.29 is 4.74 Å². The van der Waals surface area contributed by atoms with Crippen LogP contribution in [0.5, 0.6) is 5.75 Å². The number of halogens is 1. The van der Waals surface area contributed by atoms with Crippen molar-refractivity contribution in [3.63, 3.8) is 0 Å². The third-order valence-corrected chi connectivity index (χ3v) is 4.74. The van der Waals surface area contributed by atoms with Gasteiger partial charge in [0.1, 0.15) is 12.4 Å². The second kappa shape index (κ2) is 8.50. The van der Waals surface area contributed by atoms with E-state index in [4.69, 9.17) is 4.74 Å². The molecule has 0 amide bonds. The molecule has 1 aliphatic carbocycles. The summed E-state index contributed by atoms with van der Waals surface area (Å²) in [5.74, 6) is 1.85. The lowest BCUT2D eigenvalue weighted by Crippen LogP contribution is -2.20. The molecule has 0 radical (unpaired) electrons. The first-order chi connectivity index (χ1) is 11.7. The fraction of sp³-hybridized carbons (Fsp3) is 0.333. The van der Waals surface area contributed by atoms with E-state index in [2.05, 4.69) is 76.4 Å². The molecule has 0 N–H and O–H groups in total. The standard InChI is InChI=1S/C21H24BrNO/c1-23(16-17-7-8-17)13-2-3-14-24-21-6-4-5-19(15-21)18-9-11-20(22)12-10-18/h2-6,9-12,15,17H,7-8,13-14,16H2,1H3. The van der Waals surface area contributed by atoms with E-state index in [0.29, 0.717) is 6.61 Å². The average molecular weight is 386 g/mol. The number of likely N-dealkylation sites (N-methyl/N-ethyl adjacent to an activating group) is 1. The molecule has 0 unspecified atom stereocenters. The largest absolute Gasteiger partial charge is 0.490 e. The third-order valence-electron chi connectivity index (χ3n) is 4.21. The number of hydrogen-bond acceptors (Lipinski definition) is 2. The van der Waals surface area contributed by atoms with Crippen molar-refractivity contribution in [2.24, 2.45) is 5.92 Å². The van der Waals surface area contributed by atoms with Gasteiger partial charge in [-0.3, -0.25) is 0 Å². The molecule has 0 aromatic heterocycles. The lowest BCUT2D eigenvalue weighted by atomic mass is 10.1. The van der Waals surface area contributed by atoms with E-state index < -0.39 is 0 Å². The average Bonchev–Trinajstić information content (AvgIpc) is 3.39. The summed E-state index contributed by atoms with van der Waals surface area (Å²) in [6.07, 6.45) is 7.12. The minimum absolute atomic E-state index is 0.612. The molecular formula is C21H24BrNO. The van der Waals surface area contributed by atoms with Crippen molar-refractivity contribution >= 4 is 15.9 Å². The van der Waals surface area contributed by atoms with Crippen LogP contribution in [-0.2, 0) is 0 Å². The van der Waals surface area contributed by atoms with Gasteiger partial charge in [-0.2, -0.15) is 0 Å². The zero-order valence-electron chi connectivity index (χ0n) is 14.1. The first-order valence-corrected chi connectivity index (χ1v) is 9.32. The molecule has 0 spiro atoms. The van der Waals surface area contributed by atoms with Gasteiger partial charge in [0, 0.05) is 17.6 Å². The third kappa shape index (κ3) is 5.50. The zero-order chi connectivity index (χ0) is 16.8. The molecule has 0 aliphatic heterocycles. The zero-order valence-corrected chi connectivity index (χ0v) is 15.7. The van der Waals surface area contributed by atoms with Crippen LogP contribution in [0, 0.1) is 5.92 Å². The second-order valence-corrected chi connectivity index (χ2v) is 7.40. The lowest BCUT2D eigenvalue weighted by Gasteiger charge is -2.13. The van der Waals surface area contributed by atoms with E-state index in [1.54, 1.807) is 0 Å². The Morgan fingerprint density at radius 3 is 2.62 bits per heavy atom. The smallest absolute Gasteiger partial charge is 0.120 e. The molecule has 2 nitrogen and oxygen atoms in total. The van der Waals surface area contributed by atoms with E-state index >= 15 is 0 Å². The number of hydrogen-bond donors (Lipinski definition) is 0. The summed E-state index contributed by atoms with van der Waals surface area (Å²) in [6, 6.07) is 16.6. The van der Waals surface area contributed by atoms with Crippen molar-refractivity contribution in [2.45, 2.75) is 12.8 Å². The summed E-state index contributed by atoms with van der Waals surface area (Å²) >= 11 is 3.47. The Bertz CT molecular complexity index is 676. The van der Waals surface area contributed by atoms with Gasteiger partial charge in [0.2, 0.25) is 0 Å². The van der Waals surface area contributed by atoms with Crippen LogP contribution in [-0.4, -0.2) is 31.6 Å². The summed E-state index contributed by atoms with van der Waals surface area (Å²) in [4.78, 5) is 2.38. The van der Waals surface area contributed by atoms with E-state index in [9.17, 15) is 0 Å². The molecule has 0 bridgehead atoms. The van der Waals surface area contributed by atoms with Gasteiger partial charge in [-0.1, -0.05) is 52.3 Å². The van der Waals surface area contributed by atoms with Gasteiger partial charge in [-0.05, 0) is 61.2 Å². The van der Waals surface area contributed by atoms with Gasteiger partial charge in [0.25, 0.3) is 0 Å². The Hall–Kier alpha value is -1.58. The van der Waals surface area contributed by atoms with E-state index in [-0.39, 0.29) is 0 Å². The van der Waals surface area contributed by atoms with Gasteiger partial charge in [0.15, 0.2) is 0 Å². The Balaban J connectivity index is 1.48. The molecular weight excluding hydrogens is 362 g/mol.